The first kappa shape index (κ1) is 14.4. The lowest BCUT2D eigenvalue weighted by atomic mass is 10.0. The summed E-state index contributed by atoms with van der Waals surface area (Å²) in [6, 6.07) is 0.151. The molecular formula is C11H24N2O2. The number of methoxy groups -OCH3 is 1. The van der Waals surface area contributed by atoms with Gasteiger partial charge in [-0.05, 0) is 19.3 Å². The molecule has 15 heavy (non-hydrogen) atoms. The molecule has 0 radical (unpaired) electrons. The van der Waals surface area contributed by atoms with Crippen LogP contribution in [-0.4, -0.2) is 43.7 Å². The first-order valence-electron chi connectivity index (χ1n) is 5.43. The van der Waals surface area contributed by atoms with Gasteiger partial charge in [0.05, 0.1) is 0 Å². The van der Waals surface area contributed by atoms with Gasteiger partial charge in [-0.1, -0.05) is 13.8 Å². The highest BCUT2D eigenvalue weighted by molar-refractivity contribution is 5.80. The molecule has 1 amide bonds. The normalized spacial score (nSPS) is 15.1. The standard InChI is InChI=1S/C11H24N2O2/c1-8(2)10(12)6-7-13(4)11(14)9(3)15-5/h8-10H,6-7,12H2,1-5H3. The van der Waals surface area contributed by atoms with Gasteiger partial charge >= 0.3 is 0 Å². The summed E-state index contributed by atoms with van der Waals surface area (Å²) in [5, 5.41) is 0. The number of carbonyl (C=O) groups is 1. The Labute approximate surface area is 92.8 Å². The van der Waals surface area contributed by atoms with Gasteiger partial charge < -0.3 is 15.4 Å². The van der Waals surface area contributed by atoms with E-state index in [-0.39, 0.29) is 18.1 Å². The van der Waals surface area contributed by atoms with Gasteiger partial charge in [0, 0.05) is 26.7 Å². The first-order chi connectivity index (χ1) is 6.90. The second-order valence-corrected chi connectivity index (χ2v) is 4.33. The summed E-state index contributed by atoms with van der Waals surface area (Å²) in [5.74, 6) is 0.460. The number of hydrogen-bond donors (Lipinski definition) is 1. The maximum absolute atomic E-state index is 11.6. The molecule has 90 valence electrons. The van der Waals surface area contributed by atoms with Gasteiger partial charge in [0.2, 0.25) is 0 Å². The number of carbonyl (C=O) groups excluding carboxylic acids is 1. The fourth-order valence-corrected chi connectivity index (χ4v) is 1.20. The molecular weight excluding hydrogens is 192 g/mol. The average molecular weight is 216 g/mol. The van der Waals surface area contributed by atoms with E-state index in [0.29, 0.717) is 12.5 Å². The van der Waals surface area contributed by atoms with Crippen molar-refractivity contribution in [2.24, 2.45) is 11.7 Å². The quantitative estimate of drug-likeness (QED) is 0.716. The van der Waals surface area contributed by atoms with Crippen LogP contribution in [-0.2, 0) is 9.53 Å². The lowest BCUT2D eigenvalue weighted by Crippen LogP contribution is -2.39. The Morgan fingerprint density at radius 3 is 2.33 bits per heavy atom. The predicted molar refractivity (Wildman–Crippen MR) is 61.5 cm³/mol. The molecule has 4 heteroatoms. The van der Waals surface area contributed by atoms with Crippen molar-refractivity contribution in [1.82, 2.24) is 4.90 Å². The molecule has 2 N–H and O–H groups in total. The molecule has 0 aliphatic carbocycles. The van der Waals surface area contributed by atoms with Gasteiger partial charge in [-0.2, -0.15) is 0 Å². The monoisotopic (exact) mass is 216 g/mol. The highest BCUT2D eigenvalue weighted by atomic mass is 16.5. The maximum Gasteiger partial charge on any atom is 0.251 e. The average Bonchev–Trinajstić information content (AvgIpc) is 2.22. The fraction of sp³-hybridized carbons (Fsp3) is 0.909. The molecule has 0 aromatic rings. The number of hydrogen-bond acceptors (Lipinski definition) is 3. The molecule has 0 aromatic heterocycles. The number of nitrogens with two attached hydrogens (primary N) is 1. The van der Waals surface area contributed by atoms with Crippen LogP contribution in [0, 0.1) is 5.92 Å². The van der Waals surface area contributed by atoms with Gasteiger partial charge in [0.15, 0.2) is 0 Å². The zero-order chi connectivity index (χ0) is 12.0. The highest BCUT2D eigenvalue weighted by Gasteiger charge is 2.17. The molecule has 2 atom stereocenters. The smallest absolute Gasteiger partial charge is 0.251 e. The van der Waals surface area contributed by atoms with Crippen molar-refractivity contribution in [3.63, 3.8) is 0 Å². The second-order valence-electron chi connectivity index (χ2n) is 4.33. The molecule has 0 fully saturated rings. The van der Waals surface area contributed by atoms with Gasteiger partial charge in [-0.3, -0.25) is 4.79 Å². The van der Waals surface area contributed by atoms with Crippen LogP contribution in [0.1, 0.15) is 27.2 Å². The minimum absolute atomic E-state index is 0.00783. The predicted octanol–water partition coefficient (Wildman–Crippen LogP) is 0.853. The van der Waals surface area contributed by atoms with Crippen LogP contribution in [0.2, 0.25) is 0 Å². The SMILES string of the molecule is COC(C)C(=O)N(C)CCC(N)C(C)C. The summed E-state index contributed by atoms with van der Waals surface area (Å²) in [5.41, 5.74) is 5.90. The lowest BCUT2D eigenvalue weighted by Gasteiger charge is -2.23. The highest BCUT2D eigenvalue weighted by Crippen LogP contribution is 2.04. The van der Waals surface area contributed by atoms with Crippen molar-refractivity contribution < 1.29 is 9.53 Å². The summed E-state index contributed by atoms with van der Waals surface area (Å²) in [7, 11) is 3.32. The van der Waals surface area contributed by atoms with Crippen LogP contribution in [0.4, 0.5) is 0 Å². The molecule has 0 rings (SSSR count). The van der Waals surface area contributed by atoms with Crippen molar-refractivity contribution in [1.29, 1.82) is 0 Å². The van der Waals surface area contributed by atoms with E-state index in [1.165, 1.54) is 7.11 Å². The van der Waals surface area contributed by atoms with E-state index in [9.17, 15) is 4.79 Å². The Hall–Kier alpha value is -0.610. The largest absolute Gasteiger partial charge is 0.372 e. The molecule has 0 heterocycles. The Morgan fingerprint density at radius 1 is 1.40 bits per heavy atom. The molecule has 0 saturated heterocycles. The molecule has 0 aliphatic heterocycles. The van der Waals surface area contributed by atoms with E-state index >= 15 is 0 Å². The zero-order valence-corrected chi connectivity index (χ0v) is 10.5. The van der Waals surface area contributed by atoms with E-state index in [2.05, 4.69) is 13.8 Å². The number of likely N-dealkylation sites (N-methyl/N-ethyl adjacent to an activating group) is 1. The third-order valence-electron chi connectivity index (χ3n) is 2.73. The summed E-state index contributed by atoms with van der Waals surface area (Å²) < 4.78 is 4.96. The van der Waals surface area contributed by atoms with Gasteiger partial charge in [0.25, 0.3) is 5.91 Å². The third kappa shape index (κ3) is 5.14. The summed E-state index contributed by atoms with van der Waals surface area (Å²) in [6.45, 7) is 6.61. The Kier molecular flexibility index (Phi) is 6.52. The topological polar surface area (TPSA) is 55.6 Å². The van der Waals surface area contributed by atoms with Gasteiger partial charge in [0.1, 0.15) is 6.10 Å². The van der Waals surface area contributed by atoms with Crippen LogP contribution < -0.4 is 5.73 Å². The summed E-state index contributed by atoms with van der Waals surface area (Å²) >= 11 is 0. The lowest BCUT2D eigenvalue weighted by molar-refractivity contribution is -0.139. The molecule has 0 saturated carbocycles. The second kappa shape index (κ2) is 6.80. The van der Waals surface area contributed by atoms with E-state index in [1.807, 2.05) is 0 Å². The van der Waals surface area contributed by atoms with Gasteiger partial charge in [-0.15, -0.1) is 0 Å². The van der Waals surface area contributed by atoms with E-state index < -0.39 is 0 Å². The Bertz CT molecular complexity index is 195. The van der Waals surface area contributed by atoms with E-state index in [1.54, 1.807) is 18.9 Å². The Morgan fingerprint density at radius 2 is 1.93 bits per heavy atom. The fourth-order valence-electron chi connectivity index (χ4n) is 1.20. The third-order valence-corrected chi connectivity index (χ3v) is 2.73. The molecule has 4 nitrogen and oxygen atoms in total. The number of nitrogens with zero attached hydrogens (tertiary/aromatic N) is 1. The van der Waals surface area contributed by atoms with Gasteiger partial charge in [-0.25, -0.2) is 0 Å². The zero-order valence-electron chi connectivity index (χ0n) is 10.5. The molecule has 0 spiro atoms. The summed E-state index contributed by atoms with van der Waals surface area (Å²) in [6.07, 6.45) is 0.460. The van der Waals surface area contributed by atoms with Crippen molar-refractivity contribution in [3.05, 3.63) is 0 Å². The van der Waals surface area contributed by atoms with E-state index in [4.69, 9.17) is 10.5 Å². The van der Waals surface area contributed by atoms with Crippen molar-refractivity contribution >= 4 is 5.91 Å². The summed E-state index contributed by atoms with van der Waals surface area (Å²) in [4.78, 5) is 13.3. The van der Waals surface area contributed by atoms with Crippen LogP contribution >= 0.6 is 0 Å². The van der Waals surface area contributed by atoms with Crippen LogP contribution in [0.25, 0.3) is 0 Å². The number of rotatable bonds is 6. The minimum atomic E-state index is -0.370. The first-order valence-corrected chi connectivity index (χ1v) is 5.43. The Balaban J connectivity index is 3.93. The molecule has 0 aromatic carbocycles. The van der Waals surface area contributed by atoms with Crippen molar-refractivity contribution in [2.75, 3.05) is 20.7 Å². The van der Waals surface area contributed by atoms with Crippen LogP contribution in [0.3, 0.4) is 0 Å². The molecule has 2 unspecified atom stereocenters. The van der Waals surface area contributed by atoms with Crippen molar-refractivity contribution in [2.45, 2.75) is 39.3 Å². The van der Waals surface area contributed by atoms with Crippen molar-refractivity contribution in [3.8, 4) is 0 Å². The van der Waals surface area contributed by atoms with E-state index in [0.717, 1.165) is 6.42 Å². The molecule has 0 bridgehead atoms. The number of amides is 1. The molecule has 0 aliphatic rings. The maximum atomic E-state index is 11.6. The van der Waals surface area contributed by atoms with Crippen LogP contribution in [0.15, 0.2) is 0 Å². The minimum Gasteiger partial charge on any atom is -0.372 e. The number of ether oxygens (including phenoxy) is 1. The van der Waals surface area contributed by atoms with Crippen LogP contribution in [0.5, 0.6) is 0 Å².